The topological polar surface area (TPSA) is 183 Å². The Morgan fingerprint density at radius 2 is 1.59 bits per heavy atom. The number of rotatable bonds is 7. The van der Waals surface area contributed by atoms with Crippen LogP contribution in [0.2, 0.25) is 0 Å². The van der Waals surface area contributed by atoms with Crippen LogP contribution in [0.3, 0.4) is 0 Å². The molecular formula is C20H22O11S. The van der Waals surface area contributed by atoms with Crippen molar-refractivity contribution in [3.63, 3.8) is 0 Å². The summed E-state index contributed by atoms with van der Waals surface area (Å²) in [5.74, 6) is -0.127. The molecule has 11 nitrogen and oxygen atoms in total. The van der Waals surface area contributed by atoms with E-state index in [0.29, 0.717) is 5.56 Å². The number of benzene rings is 2. The van der Waals surface area contributed by atoms with E-state index in [2.05, 4.69) is 4.18 Å². The van der Waals surface area contributed by atoms with Crippen molar-refractivity contribution in [2.45, 2.75) is 30.7 Å². The van der Waals surface area contributed by atoms with Gasteiger partial charge in [0.15, 0.2) is 6.10 Å². The zero-order valence-corrected chi connectivity index (χ0v) is 17.2. The monoisotopic (exact) mass is 470 g/mol. The van der Waals surface area contributed by atoms with Gasteiger partial charge in [-0.25, -0.2) is 4.18 Å². The predicted octanol–water partition coefficient (Wildman–Crippen LogP) is 0.274. The van der Waals surface area contributed by atoms with Crippen molar-refractivity contribution < 1.29 is 52.2 Å². The van der Waals surface area contributed by atoms with Crippen molar-refractivity contribution in [2.75, 3.05) is 6.61 Å². The second-order valence-corrected chi connectivity index (χ2v) is 8.05. The summed E-state index contributed by atoms with van der Waals surface area (Å²) >= 11 is 0. The summed E-state index contributed by atoms with van der Waals surface area (Å²) in [6.07, 6.45) is -5.17. The highest BCUT2D eigenvalue weighted by Gasteiger charge is 2.48. The zero-order valence-electron chi connectivity index (χ0n) is 16.4. The predicted molar refractivity (Wildman–Crippen MR) is 110 cm³/mol. The molecule has 0 unspecified atom stereocenters. The van der Waals surface area contributed by atoms with Gasteiger partial charge in [0.25, 0.3) is 0 Å². The van der Waals surface area contributed by atoms with Gasteiger partial charge in [-0.15, -0.1) is 0 Å². The summed E-state index contributed by atoms with van der Waals surface area (Å²) in [6, 6.07) is 10.4. The second-order valence-electron chi connectivity index (χ2n) is 7.00. The van der Waals surface area contributed by atoms with Gasteiger partial charge in [0.05, 0.1) is 6.61 Å². The molecule has 0 bridgehead atoms. The van der Waals surface area contributed by atoms with E-state index in [9.17, 15) is 34.0 Å². The normalized spacial score (nSPS) is 26.3. The Morgan fingerprint density at radius 3 is 2.22 bits per heavy atom. The third-order valence-corrected chi connectivity index (χ3v) is 5.05. The minimum Gasteiger partial charge on any atom is -0.508 e. The van der Waals surface area contributed by atoms with Crippen LogP contribution in [0, 0.1) is 0 Å². The molecule has 174 valence electrons. The SMILES string of the molecule is O=S(=O)(O)O[C@H]1[C@H](Oc2cc(O)cc(/C=C\c3ccc(O)cc3)c2)O[C@H](CO)[C@@H](O)[C@@H]1O. The molecule has 0 spiro atoms. The van der Waals surface area contributed by atoms with Crippen LogP contribution in [-0.2, 0) is 19.3 Å². The zero-order chi connectivity index (χ0) is 23.5. The molecule has 32 heavy (non-hydrogen) atoms. The largest absolute Gasteiger partial charge is 0.508 e. The third kappa shape index (κ3) is 6.17. The van der Waals surface area contributed by atoms with Gasteiger partial charge < -0.3 is 35.0 Å². The Kier molecular flexibility index (Phi) is 7.36. The number of phenols is 2. The number of aliphatic hydroxyl groups excluding tert-OH is 3. The number of hydrogen-bond donors (Lipinski definition) is 6. The molecule has 2 aromatic carbocycles. The molecule has 0 amide bonds. The lowest BCUT2D eigenvalue weighted by Gasteiger charge is -2.40. The van der Waals surface area contributed by atoms with Gasteiger partial charge in [-0.05, 0) is 35.4 Å². The first kappa shape index (κ1) is 23.9. The Hall–Kier alpha value is -2.71. The van der Waals surface area contributed by atoms with Crippen molar-refractivity contribution in [3.05, 3.63) is 53.6 Å². The van der Waals surface area contributed by atoms with E-state index >= 15 is 0 Å². The van der Waals surface area contributed by atoms with E-state index in [1.54, 1.807) is 24.3 Å². The van der Waals surface area contributed by atoms with Crippen LogP contribution < -0.4 is 4.74 Å². The minimum absolute atomic E-state index is 0.0235. The molecule has 1 aliphatic heterocycles. The van der Waals surface area contributed by atoms with E-state index in [1.165, 1.54) is 30.3 Å². The van der Waals surface area contributed by atoms with Crippen LogP contribution in [0.25, 0.3) is 12.2 Å². The highest BCUT2D eigenvalue weighted by atomic mass is 32.3. The Bertz CT molecular complexity index is 1050. The van der Waals surface area contributed by atoms with Crippen LogP contribution in [0.4, 0.5) is 0 Å². The lowest BCUT2D eigenvalue weighted by Crippen LogP contribution is -2.61. The standard InChI is InChI=1S/C20H22O11S/c21-10-16-17(24)18(25)19(31-32(26,27)28)20(30-16)29-15-8-12(7-14(23)9-15)2-1-11-3-5-13(22)6-4-11/h1-9,16-25H,10H2,(H,26,27,28)/b2-1-/t16-,17-,18+,19-,20-/m1/s1. The van der Waals surface area contributed by atoms with E-state index in [0.717, 1.165) is 5.56 Å². The number of hydrogen-bond acceptors (Lipinski definition) is 10. The van der Waals surface area contributed by atoms with Crippen LogP contribution in [0.15, 0.2) is 42.5 Å². The maximum absolute atomic E-state index is 11.2. The molecule has 6 N–H and O–H groups in total. The minimum atomic E-state index is -5.06. The Labute approximate surface area is 183 Å². The molecule has 1 saturated heterocycles. The first-order chi connectivity index (χ1) is 15.1. The Morgan fingerprint density at radius 1 is 0.938 bits per heavy atom. The number of phenolic OH excluding ortho intramolecular Hbond substituents is 2. The average Bonchev–Trinajstić information content (AvgIpc) is 2.72. The van der Waals surface area contributed by atoms with Crippen LogP contribution in [0.1, 0.15) is 11.1 Å². The van der Waals surface area contributed by atoms with Crippen molar-refractivity contribution in [3.8, 4) is 17.2 Å². The summed E-state index contributed by atoms with van der Waals surface area (Å²) in [7, 11) is -5.06. The van der Waals surface area contributed by atoms with Crippen LogP contribution in [0.5, 0.6) is 17.2 Å². The van der Waals surface area contributed by atoms with Crippen molar-refractivity contribution >= 4 is 22.6 Å². The summed E-state index contributed by atoms with van der Waals surface area (Å²) in [4.78, 5) is 0. The maximum Gasteiger partial charge on any atom is 0.397 e. The fraction of sp³-hybridized carbons (Fsp3) is 0.300. The molecule has 3 rings (SSSR count). The fourth-order valence-electron chi connectivity index (χ4n) is 3.08. The Balaban J connectivity index is 1.85. The lowest BCUT2D eigenvalue weighted by atomic mass is 9.99. The summed E-state index contributed by atoms with van der Waals surface area (Å²) in [6.45, 7) is -0.725. The smallest absolute Gasteiger partial charge is 0.397 e. The number of aliphatic hydroxyl groups is 3. The van der Waals surface area contributed by atoms with Crippen molar-refractivity contribution in [2.24, 2.45) is 0 Å². The van der Waals surface area contributed by atoms with Gasteiger partial charge in [0, 0.05) is 6.07 Å². The van der Waals surface area contributed by atoms with Gasteiger partial charge in [0.2, 0.25) is 6.29 Å². The highest BCUT2D eigenvalue weighted by molar-refractivity contribution is 7.80. The van der Waals surface area contributed by atoms with Crippen molar-refractivity contribution in [1.82, 2.24) is 0 Å². The van der Waals surface area contributed by atoms with E-state index in [4.69, 9.17) is 14.0 Å². The number of aromatic hydroxyl groups is 2. The van der Waals surface area contributed by atoms with E-state index < -0.39 is 47.7 Å². The van der Waals surface area contributed by atoms with Gasteiger partial charge >= 0.3 is 10.4 Å². The molecule has 0 saturated carbocycles. The molecule has 1 heterocycles. The molecule has 12 heteroatoms. The summed E-state index contributed by atoms with van der Waals surface area (Å²) < 4.78 is 46.5. The van der Waals surface area contributed by atoms with Crippen LogP contribution in [-0.4, -0.2) is 75.8 Å². The molecule has 5 atom stereocenters. The van der Waals surface area contributed by atoms with Gasteiger partial charge in [-0.3, -0.25) is 4.55 Å². The molecule has 1 aliphatic rings. The maximum atomic E-state index is 11.2. The lowest BCUT2D eigenvalue weighted by molar-refractivity contribution is -0.271. The van der Waals surface area contributed by atoms with Crippen molar-refractivity contribution in [1.29, 1.82) is 0 Å². The van der Waals surface area contributed by atoms with E-state index in [-0.39, 0.29) is 17.2 Å². The van der Waals surface area contributed by atoms with Crippen LogP contribution >= 0.6 is 0 Å². The fourth-order valence-corrected chi connectivity index (χ4v) is 3.56. The summed E-state index contributed by atoms with van der Waals surface area (Å²) in [5, 5.41) is 48.8. The highest BCUT2D eigenvalue weighted by Crippen LogP contribution is 2.30. The quantitative estimate of drug-likeness (QED) is 0.241. The average molecular weight is 470 g/mol. The molecule has 0 aromatic heterocycles. The van der Waals surface area contributed by atoms with E-state index in [1.807, 2.05) is 0 Å². The number of ether oxygens (including phenoxy) is 2. The molecule has 2 aromatic rings. The first-order valence-electron chi connectivity index (χ1n) is 9.32. The van der Waals surface area contributed by atoms with Gasteiger partial charge in [-0.1, -0.05) is 24.3 Å². The summed E-state index contributed by atoms with van der Waals surface area (Å²) in [5.41, 5.74) is 1.23. The second kappa shape index (κ2) is 9.83. The molecular weight excluding hydrogens is 448 g/mol. The van der Waals surface area contributed by atoms with Gasteiger partial charge in [-0.2, -0.15) is 8.42 Å². The first-order valence-corrected chi connectivity index (χ1v) is 10.7. The molecule has 0 radical (unpaired) electrons. The van der Waals surface area contributed by atoms with Gasteiger partial charge in [0.1, 0.15) is 35.6 Å². The third-order valence-electron chi connectivity index (χ3n) is 4.58. The molecule has 0 aliphatic carbocycles. The molecule has 1 fully saturated rings.